The number of rotatable bonds is 3. The molecule has 0 fully saturated rings. The number of pyridine rings is 1. The lowest BCUT2D eigenvalue weighted by atomic mass is 9.99. The average molecular weight is 228 g/mol. The van der Waals surface area contributed by atoms with Crippen LogP contribution >= 0.6 is 0 Å². The van der Waals surface area contributed by atoms with E-state index >= 15 is 0 Å². The standard InChI is InChI=1S/C15H20N2/c1-10(2)12-4-5-15-14(9-12)11(3)8-13(17-15)6-7-16/h4-5,8-10H,6-7,16H2,1-3H3. The van der Waals surface area contributed by atoms with E-state index in [1.165, 1.54) is 16.5 Å². The summed E-state index contributed by atoms with van der Waals surface area (Å²) in [5, 5.41) is 1.26. The number of aryl methyl sites for hydroxylation is 1. The van der Waals surface area contributed by atoms with E-state index in [-0.39, 0.29) is 0 Å². The Morgan fingerprint density at radius 3 is 2.65 bits per heavy atom. The maximum Gasteiger partial charge on any atom is 0.0708 e. The average Bonchev–Trinajstić information content (AvgIpc) is 2.29. The van der Waals surface area contributed by atoms with E-state index < -0.39 is 0 Å². The van der Waals surface area contributed by atoms with Gasteiger partial charge in [-0.3, -0.25) is 4.98 Å². The molecule has 90 valence electrons. The Balaban J connectivity index is 2.56. The van der Waals surface area contributed by atoms with Crippen LogP contribution in [-0.2, 0) is 6.42 Å². The molecule has 1 aromatic carbocycles. The molecule has 0 spiro atoms. The van der Waals surface area contributed by atoms with E-state index in [0.29, 0.717) is 12.5 Å². The molecule has 2 heteroatoms. The van der Waals surface area contributed by atoms with Gasteiger partial charge in [0.15, 0.2) is 0 Å². The van der Waals surface area contributed by atoms with Gasteiger partial charge in [-0.05, 0) is 48.7 Å². The first-order valence-corrected chi connectivity index (χ1v) is 6.22. The van der Waals surface area contributed by atoms with E-state index in [4.69, 9.17) is 5.73 Å². The van der Waals surface area contributed by atoms with Crippen molar-refractivity contribution in [3.63, 3.8) is 0 Å². The van der Waals surface area contributed by atoms with Gasteiger partial charge >= 0.3 is 0 Å². The predicted molar refractivity (Wildman–Crippen MR) is 73.3 cm³/mol. The van der Waals surface area contributed by atoms with Crippen LogP contribution < -0.4 is 5.73 Å². The second-order valence-corrected chi connectivity index (χ2v) is 4.90. The highest BCUT2D eigenvalue weighted by Crippen LogP contribution is 2.23. The van der Waals surface area contributed by atoms with Crippen LogP contribution in [0.1, 0.15) is 36.6 Å². The Morgan fingerprint density at radius 2 is 2.00 bits per heavy atom. The number of nitrogens with two attached hydrogens (primary N) is 1. The zero-order valence-electron chi connectivity index (χ0n) is 10.8. The van der Waals surface area contributed by atoms with E-state index in [1.807, 2.05) is 0 Å². The van der Waals surface area contributed by atoms with Crippen LogP contribution in [0.5, 0.6) is 0 Å². The number of hydrogen-bond donors (Lipinski definition) is 1. The van der Waals surface area contributed by atoms with E-state index in [0.717, 1.165) is 17.6 Å². The fourth-order valence-electron chi connectivity index (χ4n) is 2.12. The minimum atomic E-state index is 0.558. The first-order valence-electron chi connectivity index (χ1n) is 6.22. The zero-order chi connectivity index (χ0) is 12.4. The van der Waals surface area contributed by atoms with Crippen molar-refractivity contribution in [2.24, 2.45) is 5.73 Å². The predicted octanol–water partition coefficient (Wildman–Crippen LogP) is 3.17. The van der Waals surface area contributed by atoms with Crippen molar-refractivity contribution >= 4 is 10.9 Å². The Morgan fingerprint density at radius 1 is 1.24 bits per heavy atom. The molecule has 2 rings (SSSR count). The molecule has 17 heavy (non-hydrogen) atoms. The van der Waals surface area contributed by atoms with Crippen LogP contribution in [0.2, 0.25) is 0 Å². The molecule has 0 atom stereocenters. The summed E-state index contributed by atoms with van der Waals surface area (Å²) >= 11 is 0. The maximum atomic E-state index is 5.58. The van der Waals surface area contributed by atoms with Gasteiger partial charge in [-0.1, -0.05) is 19.9 Å². The third-order valence-corrected chi connectivity index (χ3v) is 3.16. The summed E-state index contributed by atoms with van der Waals surface area (Å²) in [6, 6.07) is 8.71. The zero-order valence-corrected chi connectivity index (χ0v) is 10.8. The molecule has 1 aromatic heterocycles. The number of nitrogens with zero attached hydrogens (tertiary/aromatic N) is 1. The highest BCUT2D eigenvalue weighted by atomic mass is 14.7. The van der Waals surface area contributed by atoms with Gasteiger partial charge in [0, 0.05) is 17.5 Å². The number of hydrogen-bond acceptors (Lipinski definition) is 2. The van der Waals surface area contributed by atoms with Crippen molar-refractivity contribution in [2.75, 3.05) is 6.54 Å². The van der Waals surface area contributed by atoms with Crippen LogP contribution in [0.15, 0.2) is 24.3 Å². The molecule has 0 bridgehead atoms. The smallest absolute Gasteiger partial charge is 0.0708 e. The Hall–Kier alpha value is -1.41. The van der Waals surface area contributed by atoms with Crippen molar-refractivity contribution in [1.82, 2.24) is 4.98 Å². The minimum absolute atomic E-state index is 0.558. The molecule has 1 heterocycles. The van der Waals surface area contributed by atoms with Crippen LogP contribution in [0.25, 0.3) is 10.9 Å². The first kappa shape index (κ1) is 12.1. The number of aromatic nitrogens is 1. The second-order valence-electron chi connectivity index (χ2n) is 4.90. The van der Waals surface area contributed by atoms with Gasteiger partial charge in [0.1, 0.15) is 0 Å². The summed E-state index contributed by atoms with van der Waals surface area (Å²) in [5.41, 5.74) is 10.4. The van der Waals surface area contributed by atoms with Gasteiger partial charge in [0.05, 0.1) is 5.52 Å². The molecule has 0 unspecified atom stereocenters. The molecule has 0 aliphatic rings. The largest absolute Gasteiger partial charge is 0.330 e. The number of fused-ring (bicyclic) bond motifs is 1. The molecule has 2 nitrogen and oxygen atoms in total. The van der Waals surface area contributed by atoms with Gasteiger partial charge in [0.25, 0.3) is 0 Å². The third-order valence-electron chi connectivity index (χ3n) is 3.16. The highest BCUT2D eigenvalue weighted by Gasteiger charge is 2.05. The molecule has 0 saturated heterocycles. The van der Waals surface area contributed by atoms with Crippen LogP contribution in [0.4, 0.5) is 0 Å². The summed E-state index contributed by atoms with van der Waals surface area (Å²) in [7, 11) is 0. The molecule has 0 aliphatic carbocycles. The van der Waals surface area contributed by atoms with E-state index in [2.05, 4.69) is 50.0 Å². The molecule has 2 N–H and O–H groups in total. The van der Waals surface area contributed by atoms with Crippen molar-refractivity contribution in [3.8, 4) is 0 Å². The summed E-state index contributed by atoms with van der Waals surface area (Å²) in [4.78, 5) is 4.65. The summed E-state index contributed by atoms with van der Waals surface area (Å²) in [6.45, 7) is 7.23. The molecule has 2 aromatic rings. The van der Waals surface area contributed by atoms with Crippen molar-refractivity contribution < 1.29 is 0 Å². The van der Waals surface area contributed by atoms with E-state index in [9.17, 15) is 0 Å². The molecule has 0 aliphatic heterocycles. The summed E-state index contributed by atoms with van der Waals surface area (Å²) in [5.74, 6) is 0.558. The molecular formula is C15H20N2. The van der Waals surface area contributed by atoms with Gasteiger partial charge in [-0.15, -0.1) is 0 Å². The van der Waals surface area contributed by atoms with Crippen LogP contribution in [0, 0.1) is 6.92 Å². The van der Waals surface area contributed by atoms with Crippen molar-refractivity contribution in [1.29, 1.82) is 0 Å². The SMILES string of the molecule is Cc1cc(CCN)nc2ccc(C(C)C)cc12. The quantitative estimate of drug-likeness (QED) is 0.876. The molecule has 0 amide bonds. The lowest BCUT2D eigenvalue weighted by molar-refractivity contribution is 0.868. The van der Waals surface area contributed by atoms with Crippen LogP contribution in [0.3, 0.4) is 0 Å². The molecular weight excluding hydrogens is 208 g/mol. The maximum absolute atomic E-state index is 5.58. The number of benzene rings is 1. The topological polar surface area (TPSA) is 38.9 Å². The van der Waals surface area contributed by atoms with Crippen LogP contribution in [-0.4, -0.2) is 11.5 Å². The Bertz CT molecular complexity index is 530. The summed E-state index contributed by atoms with van der Waals surface area (Å²) < 4.78 is 0. The van der Waals surface area contributed by atoms with Gasteiger partial charge in [-0.25, -0.2) is 0 Å². The van der Waals surface area contributed by atoms with E-state index in [1.54, 1.807) is 0 Å². The Kier molecular flexibility index (Phi) is 3.43. The third kappa shape index (κ3) is 2.47. The summed E-state index contributed by atoms with van der Waals surface area (Å²) in [6.07, 6.45) is 0.850. The van der Waals surface area contributed by atoms with Gasteiger partial charge in [0.2, 0.25) is 0 Å². The fourth-order valence-corrected chi connectivity index (χ4v) is 2.12. The lowest BCUT2D eigenvalue weighted by Gasteiger charge is -2.10. The fraction of sp³-hybridized carbons (Fsp3) is 0.400. The normalized spacial score (nSPS) is 11.4. The molecule has 0 radical (unpaired) electrons. The second kappa shape index (κ2) is 4.84. The van der Waals surface area contributed by atoms with Crippen molar-refractivity contribution in [3.05, 3.63) is 41.1 Å². The van der Waals surface area contributed by atoms with Crippen molar-refractivity contribution in [2.45, 2.75) is 33.1 Å². The van der Waals surface area contributed by atoms with Gasteiger partial charge < -0.3 is 5.73 Å². The highest BCUT2D eigenvalue weighted by molar-refractivity contribution is 5.83. The first-order chi connectivity index (χ1) is 8.11. The molecule has 0 saturated carbocycles. The Labute approximate surface area is 103 Å². The minimum Gasteiger partial charge on any atom is -0.330 e. The lowest BCUT2D eigenvalue weighted by Crippen LogP contribution is -2.05. The van der Waals surface area contributed by atoms with Gasteiger partial charge in [-0.2, -0.15) is 0 Å². The monoisotopic (exact) mass is 228 g/mol.